The summed E-state index contributed by atoms with van der Waals surface area (Å²) in [5, 5.41) is 13.3. The van der Waals surface area contributed by atoms with Crippen molar-refractivity contribution >= 4 is 17.4 Å². The Morgan fingerprint density at radius 3 is 2.35 bits per heavy atom. The second-order valence-electron chi connectivity index (χ2n) is 5.97. The van der Waals surface area contributed by atoms with Crippen LogP contribution in [0.4, 0.5) is 0 Å². The lowest BCUT2D eigenvalue weighted by Gasteiger charge is -2.18. The zero-order valence-electron chi connectivity index (χ0n) is 14.7. The lowest BCUT2D eigenvalue weighted by Crippen LogP contribution is -2.21. The van der Waals surface area contributed by atoms with Crippen LogP contribution in [-0.2, 0) is 9.59 Å². The molecule has 1 unspecified atom stereocenters. The molecule has 1 atom stereocenters. The van der Waals surface area contributed by atoms with Gasteiger partial charge in [0.2, 0.25) is 0 Å². The molecule has 0 saturated carbocycles. The van der Waals surface area contributed by atoms with Crippen LogP contribution >= 0.6 is 0 Å². The average molecular weight is 353 g/mol. The molecule has 3 rings (SSSR count). The molecule has 2 aromatic rings. The number of carbonyl (C=O) groups is 2. The molecule has 26 heavy (non-hydrogen) atoms. The van der Waals surface area contributed by atoms with E-state index in [1.807, 2.05) is 19.1 Å². The van der Waals surface area contributed by atoms with Crippen LogP contribution in [0, 0.1) is 6.92 Å². The van der Waals surface area contributed by atoms with Crippen LogP contribution in [0.3, 0.4) is 0 Å². The van der Waals surface area contributed by atoms with Crippen molar-refractivity contribution in [3.63, 3.8) is 0 Å². The van der Waals surface area contributed by atoms with Gasteiger partial charge >= 0.3 is 0 Å². The Hall–Kier alpha value is -3.28. The van der Waals surface area contributed by atoms with Crippen molar-refractivity contribution in [2.24, 2.45) is 0 Å². The Morgan fingerprint density at radius 1 is 1.04 bits per heavy atom. The summed E-state index contributed by atoms with van der Waals surface area (Å²) in [4.78, 5) is 24.5. The van der Waals surface area contributed by atoms with Crippen molar-refractivity contribution in [3.8, 4) is 11.5 Å². The SMILES string of the molecule is COc1ccc(OC)c(C2NC(=O)C(=O)C2=C(O)c2ccc(C)cc2)c1. The second-order valence-corrected chi connectivity index (χ2v) is 5.97. The summed E-state index contributed by atoms with van der Waals surface area (Å²) >= 11 is 0. The summed E-state index contributed by atoms with van der Waals surface area (Å²) in [7, 11) is 3.01. The highest BCUT2D eigenvalue weighted by atomic mass is 16.5. The molecule has 0 aromatic heterocycles. The summed E-state index contributed by atoms with van der Waals surface area (Å²) in [6, 6.07) is 11.3. The van der Waals surface area contributed by atoms with Crippen LogP contribution < -0.4 is 14.8 Å². The lowest BCUT2D eigenvalue weighted by molar-refractivity contribution is -0.133. The first kappa shape index (κ1) is 17.5. The number of amides is 1. The van der Waals surface area contributed by atoms with Crippen LogP contribution in [0.1, 0.15) is 22.7 Å². The highest BCUT2D eigenvalue weighted by Crippen LogP contribution is 2.38. The summed E-state index contributed by atoms with van der Waals surface area (Å²) in [5.74, 6) is -0.752. The van der Waals surface area contributed by atoms with Gasteiger partial charge in [0, 0.05) is 11.1 Å². The quantitative estimate of drug-likeness (QED) is 0.502. The van der Waals surface area contributed by atoms with Crippen LogP contribution in [0.2, 0.25) is 0 Å². The van der Waals surface area contributed by atoms with Gasteiger partial charge in [-0.3, -0.25) is 9.59 Å². The maximum absolute atomic E-state index is 12.4. The molecule has 134 valence electrons. The number of aliphatic hydroxyl groups is 1. The van der Waals surface area contributed by atoms with Crippen molar-refractivity contribution in [2.75, 3.05) is 14.2 Å². The molecular formula is C20H19NO5. The predicted octanol–water partition coefficient (Wildman–Crippen LogP) is 2.72. The lowest BCUT2D eigenvalue weighted by atomic mass is 9.95. The third kappa shape index (κ3) is 3.01. The zero-order chi connectivity index (χ0) is 18.8. The van der Waals surface area contributed by atoms with Crippen molar-refractivity contribution in [3.05, 3.63) is 64.7 Å². The van der Waals surface area contributed by atoms with Gasteiger partial charge in [-0.25, -0.2) is 0 Å². The first-order chi connectivity index (χ1) is 12.5. The van der Waals surface area contributed by atoms with Gasteiger partial charge in [-0.2, -0.15) is 0 Å². The normalized spacial score (nSPS) is 18.5. The summed E-state index contributed by atoms with van der Waals surface area (Å²) in [6.07, 6.45) is 0. The molecule has 1 fully saturated rings. The number of aryl methyl sites for hydroxylation is 1. The van der Waals surface area contributed by atoms with E-state index in [9.17, 15) is 14.7 Å². The first-order valence-corrected chi connectivity index (χ1v) is 8.03. The minimum Gasteiger partial charge on any atom is -0.507 e. The van der Waals surface area contributed by atoms with Gasteiger partial charge in [-0.05, 0) is 25.1 Å². The van der Waals surface area contributed by atoms with Crippen LogP contribution in [-0.4, -0.2) is 31.0 Å². The molecule has 6 nitrogen and oxygen atoms in total. The van der Waals surface area contributed by atoms with Gasteiger partial charge in [0.15, 0.2) is 0 Å². The van der Waals surface area contributed by atoms with Crippen LogP contribution in [0.5, 0.6) is 11.5 Å². The number of nitrogens with one attached hydrogen (secondary N) is 1. The Balaban J connectivity index is 2.17. The molecular weight excluding hydrogens is 334 g/mol. The van der Waals surface area contributed by atoms with E-state index in [2.05, 4.69) is 5.32 Å². The topological polar surface area (TPSA) is 84.9 Å². The average Bonchev–Trinajstić information content (AvgIpc) is 2.96. The number of aliphatic hydroxyl groups excluding tert-OH is 1. The molecule has 1 heterocycles. The van der Waals surface area contributed by atoms with Crippen molar-refractivity contribution in [1.82, 2.24) is 5.32 Å². The van der Waals surface area contributed by atoms with E-state index >= 15 is 0 Å². The molecule has 1 amide bonds. The van der Waals surface area contributed by atoms with E-state index in [0.717, 1.165) is 5.56 Å². The van der Waals surface area contributed by atoms with E-state index in [1.54, 1.807) is 30.3 Å². The monoisotopic (exact) mass is 353 g/mol. The molecule has 1 saturated heterocycles. The zero-order valence-corrected chi connectivity index (χ0v) is 14.7. The first-order valence-electron chi connectivity index (χ1n) is 8.03. The Morgan fingerprint density at radius 2 is 1.73 bits per heavy atom. The van der Waals surface area contributed by atoms with Gasteiger partial charge in [-0.1, -0.05) is 29.8 Å². The highest BCUT2D eigenvalue weighted by Gasteiger charge is 2.41. The number of methoxy groups -OCH3 is 2. The maximum atomic E-state index is 12.4. The largest absolute Gasteiger partial charge is 0.507 e. The number of ketones is 1. The number of rotatable bonds is 4. The van der Waals surface area contributed by atoms with Crippen molar-refractivity contribution in [1.29, 1.82) is 0 Å². The van der Waals surface area contributed by atoms with Gasteiger partial charge < -0.3 is 19.9 Å². The molecule has 0 radical (unpaired) electrons. The van der Waals surface area contributed by atoms with Crippen LogP contribution in [0.25, 0.3) is 5.76 Å². The third-order valence-electron chi connectivity index (χ3n) is 4.34. The van der Waals surface area contributed by atoms with Crippen molar-refractivity contribution in [2.45, 2.75) is 13.0 Å². The van der Waals surface area contributed by atoms with Crippen molar-refractivity contribution < 1.29 is 24.2 Å². The van der Waals surface area contributed by atoms with E-state index in [0.29, 0.717) is 22.6 Å². The third-order valence-corrected chi connectivity index (χ3v) is 4.34. The van der Waals surface area contributed by atoms with Crippen LogP contribution in [0.15, 0.2) is 48.0 Å². The van der Waals surface area contributed by atoms with Gasteiger partial charge in [0.1, 0.15) is 17.3 Å². The molecule has 2 aromatic carbocycles. The smallest absolute Gasteiger partial charge is 0.293 e. The number of carbonyl (C=O) groups excluding carboxylic acids is 2. The van der Waals surface area contributed by atoms with Gasteiger partial charge in [0.05, 0.1) is 25.8 Å². The minimum atomic E-state index is -0.832. The summed E-state index contributed by atoms with van der Waals surface area (Å²) in [6.45, 7) is 1.92. The maximum Gasteiger partial charge on any atom is 0.293 e. The molecule has 0 spiro atoms. The van der Waals surface area contributed by atoms with E-state index < -0.39 is 17.7 Å². The number of ether oxygens (including phenoxy) is 2. The van der Waals surface area contributed by atoms with E-state index in [-0.39, 0.29) is 11.3 Å². The number of hydrogen-bond donors (Lipinski definition) is 2. The fourth-order valence-corrected chi connectivity index (χ4v) is 2.93. The fraction of sp³-hybridized carbons (Fsp3) is 0.200. The summed E-state index contributed by atoms with van der Waals surface area (Å²) < 4.78 is 10.6. The molecule has 0 bridgehead atoms. The fourth-order valence-electron chi connectivity index (χ4n) is 2.93. The molecule has 1 aliphatic heterocycles. The van der Waals surface area contributed by atoms with Gasteiger partial charge in [-0.15, -0.1) is 0 Å². The van der Waals surface area contributed by atoms with Gasteiger partial charge in [0.25, 0.3) is 11.7 Å². The summed E-state index contributed by atoms with van der Waals surface area (Å²) in [5.41, 5.74) is 2.00. The Labute approximate surface area is 151 Å². The second kappa shape index (κ2) is 6.92. The number of Topliss-reactive ketones (excluding diaryl/α,β-unsaturated/α-hetero) is 1. The Bertz CT molecular complexity index is 899. The highest BCUT2D eigenvalue weighted by molar-refractivity contribution is 6.46. The predicted molar refractivity (Wildman–Crippen MR) is 96.2 cm³/mol. The number of benzene rings is 2. The standard InChI is InChI=1S/C20H19NO5/c1-11-4-6-12(7-5-11)18(22)16-17(21-20(24)19(16)23)14-10-13(25-2)8-9-15(14)26-3/h4-10,17,22H,1-3H3,(H,21,24). The molecule has 1 aliphatic rings. The Kier molecular flexibility index (Phi) is 4.67. The van der Waals surface area contributed by atoms with E-state index in [1.165, 1.54) is 14.2 Å². The molecule has 2 N–H and O–H groups in total. The molecule has 0 aliphatic carbocycles. The molecule has 6 heteroatoms. The van der Waals surface area contributed by atoms with E-state index in [4.69, 9.17) is 9.47 Å². The number of hydrogen-bond acceptors (Lipinski definition) is 5. The minimum absolute atomic E-state index is 0.00888.